The fourth-order valence-electron chi connectivity index (χ4n) is 3.91. The molecule has 1 amide bonds. The topological polar surface area (TPSA) is 80.5 Å². The first kappa shape index (κ1) is 21.3. The van der Waals surface area contributed by atoms with E-state index in [2.05, 4.69) is 18.9 Å². The molecule has 1 saturated heterocycles. The molecule has 1 aromatic heterocycles. The molecule has 7 nitrogen and oxygen atoms in total. The molecule has 1 aliphatic rings. The third-order valence-corrected chi connectivity index (χ3v) is 5.34. The van der Waals surface area contributed by atoms with Crippen molar-refractivity contribution in [2.75, 3.05) is 26.8 Å². The molecule has 1 aliphatic heterocycles. The summed E-state index contributed by atoms with van der Waals surface area (Å²) < 4.78 is 7.11. The van der Waals surface area contributed by atoms with Crippen LogP contribution in [0.2, 0.25) is 0 Å². The zero-order valence-corrected chi connectivity index (χ0v) is 17.7. The summed E-state index contributed by atoms with van der Waals surface area (Å²) in [5.74, 6) is 3.26. The minimum absolute atomic E-state index is 0.0434. The van der Waals surface area contributed by atoms with Crippen LogP contribution in [0.1, 0.15) is 61.0 Å². The molecular weight excluding hydrogens is 368 g/mol. The van der Waals surface area contributed by atoms with Crippen molar-refractivity contribution in [3.8, 4) is 5.75 Å². The number of ether oxygens (including phenoxy) is 1. The number of rotatable bonds is 7. The van der Waals surface area contributed by atoms with Gasteiger partial charge in [0.15, 0.2) is 5.82 Å². The van der Waals surface area contributed by atoms with E-state index in [1.54, 1.807) is 13.2 Å². The molecule has 0 saturated carbocycles. The highest BCUT2D eigenvalue weighted by Gasteiger charge is 2.26. The maximum atomic E-state index is 13.0. The molecular formula is C22H32N4O3. The van der Waals surface area contributed by atoms with Crippen LogP contribution in [0.3, 0.4) is 0 Å². The molecule has 0 radical (unpaired) electrons. The molecule has 3 rings (SSSR count). The molecule has 1 N–H and O–H groups in total. The second-order valence-electron chi connectivity index (χ2n) is 8.08. The normalized spacial score (nSPS) is 17.4. The number of amides is 1. The monoisotopic (exact) mass is 400 g/mol. The molecule has 1 unspecified atom stereocenters. The van der Waals surface area contributed by atoms with Crippen LogP contribution in [0.25, 0.3) is 0 Å². The van der Waals surface area contributed by atoms with Gasteiger partial charge in [-0.05, 0) is 43.4 Å². The number of aliphatic hydroxyl groups is 1. The van der Waals surface area contributed by atoms with Crippen molar-refractivity contribution in [1.82, 2.24) is 19.7 Å². The lowest BCUT2D eigenvalue weighted by atomic mass is 10.00. The maximum absolute atomic E-state index is 13.0. The van der Waals surface area contributed by atoms with Crippen LogP contribution in [0.5, 0.6) is 5.75 Å². The molecule has 0 spiro atoms. The van der Waals surface area contributed by atoms with Gasteiger partial charge in [-0.3, -0.25) is 4.79 Å². The standard InChI is InChI=1S/C22H32N4O3/c1-16(2)14-20-23-21(26(24-20)12-13-27)17-7-5-10-25(11-9-17)22(28)18-6-4-8-19(15-18)29-3/h4,6,8,15-17,27H,5,7,9-14H2,1-3H3. The van der Waals surface area contributed by atoms with Crippen LogP contribution in [0.4, 0.5) is 0 Å². The van der Waals surface area contributed by atoms with Crippen LogP contribution in [0.15, 0.2) is 24.3 Å². The Kier molecular flexibility index (Phi) is 7.25. The van der Waals surface area contributed by atoms with Gasteiger partial charge < -0.3 is 14.7 Å². The van der Waals surface area contributed by atoms with Crippen molar-refractivity contribution < 1.29 is 14.6 Å². The quantitative estimate of drug-likeness (QED) is 0.773. The van der Waals surface area contributed by atoms with Gasteiger partial charge in [0.2, 0.25) is 0 Å². The Morgan fingerprint density at radius 3 is 2.86 bits per heavy atom. The zero-order chi connectivity index (χ0) is 20.8. The number of benzene rings is 1. The predicted octanol–water partition coefficient (Wildman–Crippen LogP) is 2.89. The summed E-state index contributed by atoms with van der Waals surface area (Å²) in [5, 5.41) is 14.0. The lowest BCUT2D eigenvalue weighted by molar-refractivity contribution is 0.0760. The summed E-state index contributed by atoms with van der Waals surface area (Å²) in [6, 6.07) is 7.32. The van der Waals surface area contributed by atoms with Crippen LogP contribution in [0, 0.1) is 5.92 Å². The molecule has 7 heteroatoms. The number of carbonyl (C=O) groups is 1. The van der Waals surface area contributed by atoms with Crippen LogP contribution in [-0.2, 0) is 13.0 Å². The molecule has 158 valence electrons. The zero-order valence-electron chi connectivity index (χ0n) is 17.7. The highest BCUT2D eigenvalue weighted by atomic mass is 16.5. The summed E-state index contributed by atoms with van der Waals surface area (Å²) in [6.07, 6.45) is 3.57. The van der Waals surface area contributed by atoms with Crippen LogP contribution < -0.4 is 4.74 Å². The number of aliphatic hydroxyl groups excluding tert-OH is 1. The smallest absolute Gasteiger partial charge is 0.253 e. The largest absolute Gasteiger partial charge is 0.497 e. The maximum Gasteiger partial charge on any atom is 0.253 e. The first-order valence-electron chi connectivity index (χ1n) is 10.5. The Hall–Kier alpha value is -2.41. The Balaban J connectivity index is 1.72. The Labute approximate surface area is 172 Å². The average Bonchev–Trinajstić information content (AvgIpc) is 2.94. The lowest BCUT2D eigenvalue weighted by Gasteiger charge is -2.21. The minimum atomic E-state index is 0.0434. The number of nitrogens with zero attached hydrogens (tertiary/aromatic N) is 4. The Morgan fingerprint density at radius 1 is 1.31 bits per heavy atom. The SMILES string of the molecule is COc1cccc(C(=O)N2CCCC(c3nc(CC(C)C)nn3CCO)CC2)c1. The number of carbonyl (C=O) groups excluding carboxylic acids is 1. The van der Waals surface area contributed by atoms with Gasteiger partial charge in [0.05, 0.1) is 20.3 Å². The molecule has 1 aromatic carbocycles. The van der Waals surface area contributed by atoms with Crippen molar-refractivity contribution in [3.05, 3.63) is 41.5 Å². The number of hydrogen-bond acceptors (Lipinski definition) is 5. The van der Waals surface area contributed by atoms with E-state index in [4.69, 9.17) is 9.72 Å². The third kappa shape index (κ3) is 5.35. The summed E-state index contributed by atoms with van der Waals surface area (Å²) in [4.78, 5) is 19.7. The molecule has 0 aliphatic carbocycles. The van der Waals surface area contributed by atoms with Crippen LogP contribution in [-0.4, -0.2) is 57.5 Å². The van der Waals surface area contributed by atoms with Gasteiger partial charge in [0.1, 0.15) is 11.6 Å². The molecule has 2 heterocycles. The van der Waals surface area contributed by atoms with Gasteiger partial charge in [-0.15, -0.1) is 0 Å². The molecule has 0 bridgehead atoms. The number of methoxy groups -OCH3 is 1. The highest BCUT2D eigenvalue weighted by Crippen LogP contribution is 2.28. The van der Waals surface area contributed by atoms with Gasteiger partial charge in [-0.1, -0.05) is 19.9 Å². The fourth-order valence-corrected chi connectivity index (χ4v) is 3.91. The van der Waals surface area contributed by atoms with Gasteiger partial charge in [0.25, 0.3) is 5.91 Å². The molecule has 1 fully saturated rings. The van der Waals surface area contributed by atoms with Gasteiger partial charge in [0, 0.05) is 31.0 Å². The first-order chi connectivity index (χ1) is 14.0. The summed E-state index contributed by atoms with van der Waals surface area (Å²) in [6.45, 7) is 6.24. The lowest BCUT2D eigenvalue weighted by Crippen LogP contribution is -2.32. The molecule has 1 atom stereocenters. The summed E-state index contributed by atoms with van der Waals surface area (Å²) >= 11 is 0. The van der Waals surface area contributed by atoms with Crippen molar-refractivity contribution in [2.45, 2.75) is 52.0 Å². The molecule has 2 aromatic rings. The van der Waals surface area contributed by atoms with Crippen molar-refractivity contribution in [1.29, 1.82) is 0 Å². The predicted molar refractivity (Wildman–Crippen MR) is 111 cm³/mol. The van der Waals surface area contributed by atoms with Crippen LogP contribution >= 0.6 is 0 Å². The summed E-state index contributed by atoms with van der Waals surface area (Å²) in [5.41, 5.74) is 0.658. The second kappa shape index (κ2) is 9.87. The highest BCUT2D eigenvalue weighted by molar-refractivity contribution is 5.94. The van der Waals surface area contributed by atoms with Gasteiger partial charge >= 0.3 is 0 Å². The van der Waals surface area contributed by atoms with E-state index in [1.807, 2.05) is 27.8 Å². The van der Waals surface area contributed by atoms with E-state index < -0.39 is 0 Å². The minimum Gasteiger partial charge on any atom is -0.497 e. The van der Waals surface area contributed by atoms with Crippen molar-refractivity contribution >= 4 is 5.91 Å². The van der Waals surface area contributed by atoms with Crippen molar-refractivity contribution in [3.63, 3.8) is 0 Å². The van der Waals surface area contributed by atoms with E-state index in [0.717, 1.165) is 43.9 Å². The second-order valence-corrected chi connectivity index (χ2v) is 8.08. The number of likely N-dealkylation sites (tertiary alicyclic amines) is 1. The van der Waals surface area contributed by atoms with Gasteiger partial charge in [-0.25, -0.2) is 9.67 Å². The number of hydrogen-bond donors (Lipinski definition) is 1. The first-order valence-corrected chi connectivity index (χ1v) is 10.5. The fraction of sp³-hybridized carbons (Fsp3) is 0.591. The van der Waals surface area contributed by atoms with E-state index >= 15 is 0 Å². The van der Waals surface area contributed by atoms with E-state index in [0.29, 0.717) is 30.3 Å². The Morgan fingerprint density at radius 2 is 2.14 bits per heavy atom. The Bertz CT molecular complexity index is 818. The van der Waals surface area contributed by atoms with E-state index in [9.17, 15) is 9.90 Å². The third-order valence-electron chi connectivity index (χ3n) is 5.34. The number of aromatic nitrogens is 3. The van der Waals surface area contributed by atoms with E-state index in [1.165, 1.54) is 0 Å². The van der Waals surface area contributed by atoms with Crippen molar-refractivity contribution in [2.24, 2.45) is 5.92 Å². The van der Waals surface area contributed by atoms with E-state index in [-0.39, 0.29) is 18.4 Å². The average molecular weight is 401 g/mol. The molecule has 29 heavy (non-hydrogen) atoms. The summed E-state index contributed by atoms with van der Waals surface area (Å²) in [7, 11) is 1.61. The van der Waals surface area contributed by atoms with Gasteiger partial charge in [-0.2, -0.15) is 5.10 Å².